The van der Waals surface area contributed by atoms with Gasteiger partial charge in [-0.25, -0.2) is 4.79 Å². The molecule has 22 heavy (non-hydrogen) atoms. The van der Waals surface area contributed by atoms with Gasteiger partial charge in [0.2, 0.25) is 0 Å². The molecule has 2 aromatic carbocycles. The van der Waals surface area contributed by atoms with Crippen molar-refractivity contribution in [1.29, 1.82) is 0 Å². The van der Waals surface area contributed by atoms with E-state index in [1.54, 1.807) is 0 Å². The number of carbonyl (C=O) groups excluding carboxylic acids is 1. The number of rotatable bonds is 6. The van der Waals surface area contributed by atoms with Crippen molar-refractivity contribution in [3.63, 3.8) is 0 Å². The molecule has 0 spiro atoms. The smallest absolute Gasteiger partial charge is 0.319 e. The zero-order chi connectivity index (χ0) is 15.8. The van der Waals surface area contributed by atoms with Gasteiger partial charge in [-0.15, -0.1) is 0 Å². The number of aliphatic hydroxyl groups is 1. The number of amides is 2. The van der Waals surface area contributed by atoms with Crippen LogP contribution in [0.2, 0.25) is 0 Å². The molecule has 2 rings (SSSR count). The average molecular weight is 298 g/mol. The number of urea groups is 1. The first-order chi connectivity index (χ1) is 10.7. The number of nitrogens with one attached hydrogen (secondary N) is 2. The minimum absolute atomic E-state index is 0.0980. The molecule has 2 aromatic rings. The van der Waals surface area contributed by atoms with Gasteiger partial charge in [-0.1, -0.05) is 48.0 Å². The standard InChI is InChI=1S/C18H22N2O2/c1-14-7-9-17(10-8-14)20-18(22)19-13-16(11-12-21)15-5-3-2-4-6-15/h2-10,16,21H,11-13H2,1H3,(H2,19,20,22). The highest BCUT2D eigenvalue weighted by Crippen LogP contribution is 2.18. The van der Waals surface area contributed by atoms with Gasteiger partial charge < -0.3 is 15.7 Å². The van der Waals surface area contributed by atoms with Gasteiger partial charge in [-0.2, -0.15) is 0 Å². The lowest BCUT2D eigenvalue weighted by molar-refractivity contribution is 0.248. The van der Waals surface area contributed by atoms with Crippen molar-refractivity contribution in [1.82, 2.24) is 5.32 Å². The van der Waals surface area contributed by atoms with Crippen LogP contribution in [0.5, 0.6) is 0 Å². The summed E-state index contributed by atoms with van der Waals surface area (Å²) in [5.74, 6) is 0.106. The third-order valence-electron chi connectivity index (χ3n) is 3.57. The van der Waals surface area contributed by atoms with E-state index in [2.05, 4.69) is 10.6 Å². The highest BCUT2D eigenvalue weighted by Gasteiger charge is 2.12. The van der Waals surface area contributed by atoms with Gasteiger partial charge in [-0.3, -0.25) is 0 Å². The maximum atomic E-state index is 12.0. The van der Waals surface area contributed by atoms with Crippen LogP contribution in [0.4, 0.5) is 10.5 Å². The van der Waals surface area contributed by atoms with Crippen LogP contribution in [0.1, 0.15) is 23.5 Å². The van der Waals surface area contributed by atoms with Gasteiger partial charge in [0.1, 0.15) is 0 Å². The summed E-state index contributed by atoms with van der Waals surface area (Å²) in [5, 5.41) is 14.9. The van der Waals surface area contributed by atoms with E-state index in [-0.39, 0.29) is 18.6 Å². The van der Waals surface area contributed by atoms with E-state index in [0.717, 1.165) is 16.8 Å². The highest BCUT2D eigenvalue weighted by atomic mass is 16.3. The first kappa shape index (κ1) is 16.0. The summed E-state index contributed by atoms with van der Waals surface area (Å²) in [6.45, 7) is 2.59. The van der Waals surface area contributed by atoms with Crippen molar-refractivity contribution < 1.29 is 9.90 Å². The molecule has 0 bridgehead atoms. The number of carbonyl (C=O) groups is 1. The molecule has 1 atom stereocenters. The first-order valence-electron chi connectivity index (χ1n) is 7.46. The third-order valence-corrected chi connectivity index (χ3v) is 3.57. The Hall–Kier alpha value is -2.33. The number of hydrogen-bond acceptors (Lipinski definition) is 2. The number of hydrogen-bond donors (Lipinski definition) is 3. The van der Waals surface area contributed by atoms with Crippen molar-refractivity contribution in [3.05, 3.63) is 65.7 Å². The Kier molecular flexibility index (Phi) is 5.98. The summed E-state index contributed by atoms with van der Waals surface area (Å²) >= 11 is 0. The fourth-order valence-corrected chi connectivity index (χ4v) is 2.30. The Bertz CT molecular complexity index is 582. The summed E-state index contributed by atoms with van der Waals surface area (Å²) in [5.41, 5.74) is 3.03. The molecule has 4 nitrogen and oxygen atoms in total. The SMILES string of the molecule is Cc1ccc(NC(=O)NCC(CCO)c2ccccc2)cc1. The molecule has 4 heteroatoms. The number of benzene rings is 2. The summed E-state index contributed by atoms with van der Waals surface area (Å²) in [4.78, 5) is 12.0. The topological polar surface area (TPSA) is 61.4 Å². The second kappa shape index (κ2) is 8.20. The Labute approximate surface area is 131 Å². The molecule has 2 amide bonds. The molecule has 0 radical (unpaired) electrons. The predicted molar refractivity (Wildman–Crippen MR) is 89.1 cm³/mol. The summed E-state index contributed by atoms with van der Waals surface area (Å²) < 4.78 is 0. The number of aryl methyl sites for hydroxylation is 1. The van der Waals surface area contributed by atoms with E-state index >= 15 is 0 Å². The van der Waals surface area contributed by atoms with Gasteiger partial charge in [0, 0.05) is 24.8 Å². The lowest BCUT2D eigenvalue weighted by atomic mass is 9.96. The monoisotopic (exact) mass is 298 g/mol. The Morgan fingerprint density at radius 3 is 2.41 bits per heavy atom. The zero-order valence-corrected chi connectivity index (χ0v) is 12.8. The Morgan fingerprint density at radius 2 is 1.77 bits per heavy atom. The fraction of sp³-hybridized carbons (Fsp3) is 0.278. The predicted octanol–water partition coefficient (Wildman–Crippen LogP) is 3.28. The van der Waals surface area contributed by atoms with Crippen LogP contribution >= 0.6 is 0 Å². The minimum Gasteiger partial charge on any atom is -0.396 e. The molecule has 0 saturated heterocycles. The van der Waals surface area contributed by atoms with E-state index in [0.29, 0.717) is 13.0 Å². The maximum absolute atomic E-state index is 12.0. The second-order valence-electron chi connectivity index (χ2n) is 5.32. The number of anilines is 1. The van der Waals surface area contributed by atoms with Crippen LogP contribution in [-0.4, -0.2) is 24.3 Å². The van der Waals surface area contributed by atoms with E-state index in [1.165, 1.54) is 0 Å². The van der Waals surface area contributed by atoms with Crippen LogP contribution in [0.25, 0.3) is 0 Å². The largest absolute Gasteiger partial charge is 0.396 e. The number of aliphatic hydroxyl groups excluding tert-OH is 1. The van der Waals surface area contributed by atoms with Crippen LogP contribution in [0.3, 0.4) is 0 Å². The molecular weight excluding hydrogens is 276 g/mol. The summed E-state index contributed by atoms with van der Waals surface area (Å²) in [6.07, 6.45) is 0.620. The van der Waals surface area contributed by atoms with E-state index in [1.807, 2.05) is 61.5 Å². The lowest BCUT2D eigenvalue weighted by Gasteiger charge is -2.17. The van der Waals surface area contributed by atoms with Gasteiger partial charge >= 0.3 is 6.03 Å². The van der Waals surface area contributed by atoms with Crippen molar-refractivity contribution >= 4 is 11.7 Å². The van der Waals surface area contributed by atoms with Crippen LogP contribution in [0, 0.1) is 6.92 Å². The molecule has 0 aliphatic heterocycles. The van der Waals surface area contributed by atoms with Crippen LogP contribution < -0.4 is 10.6 Å². The van der Waals surface area contributed by atoms with Gasteiger partial charge in [-0.05, 0) is 31.0 Å². The van der Waals surface area contributed by atoms with Crippen molar-refractivity contribution in [2.45, 2.75) is 19.3 Å². The average Bonchev–Trinajstić information content (AvgIpc) is 2.54. The van der Waals surface area contributed by atoms with Gasteiger partial charge in [0.15, 0.2) is 0 Å². The molecule has 0 aromatic heterocycles. The van der Waals surface area contributed by atoms with Crippen molar-refractivity contribution in [2.75, 3.05) is 18.5 Å². The quantitative estimate of drug-likeness (QED) is 0.766. The molecule has 0 fully saturated rings. The van der Waals surface area contributed by atoms with Crippen LogP contribution in [-0.2, 0) is 0 Å². The van der Waals surface area contributed by atoms with Crippen molar-refractivity contribution in [3.8, 4) is 0 Å². The molecule has 116 valence electrons. The van der Waals surface area contributed by atoms with E-state index in [9.17, 15) is 9.90 Å². The molecular formula is C18H22N2O2. The summed E-state index contributed by atoms with van der Waals surface area (Å²) in [7, 11) is 0. The normalized spacial score (nSPS) is 11.7. The molecule has 0 aliphatic carbocycles. The van der Waals surface area contributed by atoms with Crippen LogP contribution in [0.15, 0.2) is 54.6 Å². The molecule has 0 aliphatic rings. The Morgan fingerprint density at radius 1 is 1.09 bits per heavy atom. The molecule has 0 heterocycles. The lowest BCUT2D eigenvalue weighted by Crippen LogP contribution is -2.32. The molecule has 0 saturated carbocycles. The summed E-state index contributed by atoms with van der Waals surface area (Å²) in [6, 6.07) is 17.3. The maximum Gasteiger partial charge on any atom is 0.319 e. The fourth-order valence-electron chi connectivity index (χ4n) is 2.30. The second-order valence-corrected chi connectivity index (χ2v) is 5.32. The van der Waals surface area contributed by atoms with Crippen molar-refractivity contribution in [2.24, 2.45) is 0 Å². The zero-order valence-electron chi connectivity index (χ0n) is 12.8. The highest BCUT2D eigenvalue weighted by molar-refractivity contribution is 5.89. The van der Waals surface area contributed by atoms with Gasteiger partial charge in [0.25, 0.3) is 0 Å². The first-order valence-corrected chi connectivity index (χ1v) is 7.46. The Balaban J connectivity index is 1.89. The minimum atomic E-state index is -0.234. The molecule has 3 N–H and O–H groups in total. The molecule has 1 unspecified atom stereocenters. The van der Waals surface area contributed by atoms with Gasteiger partial charge in [0.05, 0.1) is 0 Å². The van der Waals surface area contributed by atoms with E-state index < -0.39 is 0 Å². The third kappa shape index (κ3) is 4.90. The van der Waals surface area contributed by atoms with E-state index in [4.69, 9.17) is 0 Å².